The van der Waals surface area contributed by atoms with Crippen molar-refractivity contribution in [3.05, 3.63) is 35.7 Å². The van der Waals surface area contributed by atoms with Crippen LogP contribution in [0.4, 0.5) is 4.39 Å². The number of amides is 1. The van der Waals surface area contributed by atoms with Gasteiger partial charge in [0.15, 0.2) is 17.7 Å². The predicted octanol–water partition coefficient (Wildman–Crippen LogP) is 1.83. The van der Waals surface area contributed by atoms with E-state index in [1.165, 1.54) is 25.1 Å². The number of benzene rings is 1. The van der Waals surface area contributed by atoms with Crippen LogP contribution < -0.4 is 10.1 Å². The van der Waals surface area contributed by atoms with Gasteiger partial charge in [0, 0.05) is 12.6 Å². The second-order valence-corrected chi connectivity index (χ2v) is 4.02. The summed E-state index contributed by atoms with van der Waals surface area (Å²) in [5, 5.41) is 11.0. The smallest absolute Gasteiger partial charge is 0.328 e. The Labute approximate surface area is 116 Å². The minimum atomic E-state index is -1.12. The molecule has 1 unspecified atom stereocenters. The molecule has 20 heavy (non-hydrogen) atoms. The molecule has 0 saturated heterocycles. The standard InChI is InChI=1S/C14H16FNO4/c1-3-16-14(19)9(2)20-12-6-4-10(8-11(12)15)5-7-13(17)18/h4-9H,3H2,1-2H3,(H,16,19)(H,17,18)/b7-5+. The maximum absolute atomic E-state index is 13.7. The number of carboxylic acids is 1. The van der Waals surface area contributed by atoms with Crippen LogP contribution in [0.3, 0.4) is 0 Å². The van der Waals surface area contributed by atoms with Gasteiger partial charge in [-0.2, -0.15) is 0 Å². The summed E-state index contributed by atoms with van der Waals surface area (Å²) in [6.45, 7) is 3.76. The summed E-state index contributed by atoms with van der Waals surface area (Å²) >= 11 is 0. The number of carbonyl (C=O) groups is 2. The fourth-order valence-corrected chi connectivity index (χ4v) is 1.45. The summed E-state index contributed by atoms with van der Waals surface area (Å²) in [6, 6.07) is 3.99. The number of carbonyl (C=O) groups excluding carboxylic acids is 1. The normalized spacial score (nSPS) is 12.2. The second kappa shape index (κ2) is 7.28. The molecule has 0 spiro atoms. The van der Waals surface area contributed by atoms with E-state index in [1.807, 2.05) is 0 Å². The second-order valence-electron chi connectivity index (χ2n) is 4.02. The molecular formula is C14H16FNO4. The molecule has 0 aromatic heterocycles. The van der Waals surface area contributed by atoms with Gasteiger partial charge in [-0.15, -0.1) is 0 Å². The van der Waals surface area contributed by atoms with E-state index in [1.54, 1.807) is 6.92 Å². The summed E-state index contributed by atoms with van der Waals surface area (Å²) < 4.78 is 19.0. The zero-order chi connectivity index (χ0) is 15.1. The van der Waals surface area contributed by atoms with E-state index in [9.17, 15) is 14.0 Å². The molecule has 5 nitrogen and oxygen atoms in total. The number of rotatable bonds is 6. The van der Waals surface area contributed by atoms with Gasteiger partial charge in [0.25, 0.3) is 5.91 Å². The van der Waals surface area contributed by atoms with E-state index in [2.05, 4.69) is 5.32 Å². The molecular weight excluding hydrogens is 265 g/mol. The third kappa shape index (κ3) is 4.72. The molecule has 0 heterocycles. The number of carboxylic acid groups (broad SMARTS) is 1. The fraction of sp³-hybridized carbons (Fsp3) is 0.286. The highest BCUT2D eigenvalue weighted by Crippen LogP contribution is 2.20. The molecule has 0 bridgehead atoms. The quantitative estimate of drug-likeness (QED) is 0.780. The molecule has 0 radical (unpaired) electrons. The van der Waals surface area contributed by atoms with Crippen molar-refractivity contribution >= 4 is 18.0 Å². The van der Waals surface area contributed by atoms with Crippen LogP contribution in [-0.4, -0.2) is 29.6 Å². The first-order valence-corrected chi connectivity index (χ1v) is 6.09. The van der Waals surface area contributed by atoms with Crippen LogP contribution in [0, 0.1) is 5.82 Å². The number of hydrogen-bond donors (Lipinski definition) is 2. The highest BCUT2D eigenvalue weighted by Gasteiger charge is 2.15. The first kappa shape index (κ1) is 15.7. The monoisotopic (exact) mass is 281 g/mol. The van der Waals surface area contributed by atoms with Crippen LogP contribution in [0.15, 0.2) is 24.3 Å². The van der Waals surface area contributed by atoms with Gasteiger partial charge in [0.05, 0.1) is 0 Å². The first-order valence-electron chi connectivity index (χ1n) is 6.09. The first-order chi connectivity index (χ1) is 9.43. The number of halogens is 1. The van der Waals surface area contributed by atoms with Crippen LogP contribution in [0.5, 0.6) is 5.75 Å². The molecule has 0 aliphatic heterocycles. The molecule has 6 heteroatoms. The lowest BCUT2D eigenvalue weighted by molar-refractivity contribution is -0.131. The van der Waals surface area contributed by atoms with E-state index in [-0.39, 0.29) is 11.7 Å². The molecule has 1 amide bonds. The molecule has 1 rings (SSSR count). The molecule has 0 fully saturated rings. The molecule has 0 saturated carbocycles. The Morgan fingerprint density at radius 3 is 2.75 bits per heavy atom. The zero-order valence-corrected chi connectivity index (χ0v) is 11.2. The van der Waals surface area contributed by atoms with Crippen molar-refractivity contribution in [1.82, 2.24) is 5.32 Å². The fourth-order valence-electron chi connectivity index (χ4n) is 1.45. The Bertz CT molecular complexity index is 528. The maximum Gasteiger partial charge on any atom is 0.328 e. The van der Waals surface area contributed by atoms with Crippen molar-refractivity contribution in [2.75, 3.05) is 6.54 Å². The van der Waals surface area contributed by atoms with Crippen LogP contribution in [-0.2, 0) is 9.59 Å². The Morgan fingerprint density at radius 1 is 1.50 bits per heavy atom. The van der Waals surface area contributed by atoms with Crippen molar-refractivity contribution < 1.29 is 23.8 Å². The number of likely N-dealkylation sites (N-methyl/N-ethyl adjacent to an activating group) is 1. The number of hydrogen-bond acceptors (Lipinski definition) is 3. The van der Waals surface area contributed by atoms with Crippen LogP contribution in [0.1, 0.15) is 19.4 Å². The topological polar surface area (TPSA) is 75.6 Å². The van der Waals surface area contributed by atoms with E-state index < -0.39 is 17.9 Å². The molecule has 1 aromatic carbocycles. The van der Waals surface area contributed by atoms with Crippen molar-refractivity contribution in [1.29, 1.82) is 0 Å². The van der Waals surface area contributed by atoms with Gasteiger partial charge in [-0.1, -0.05) is 6.07 Å². The lowest BCUT2D eigenvalue weighted by Gasteiger charge is -2.14. The molecule has 2 N–H and O–H groups in total. The van der Waals surface area contributed by atoms with Crippen molar-refractivity contribution in [3.63, 3.8) is 0 Å². The lowest BCUT2D eigenvalue weighted by Crippen LogP contribution is -2.36. The third-order valence-corrected chi connectivity index (χ3v) is 2.40. The van der Waals surface area contributed by atoms with Crippen LogP contribution in [0.25, 0.3) is 6.08 Å². The van der Waals surface area contributed by atoms with E-state index in [4.69, 9.17) is 9.84 Å². The Hall–Kier alpha value is -2.37. The minimum Gasteiger partial charge on any atom is -0.478 e. The summed E-state index contributed by atoms with van der Waals surface area (Å²) in [5.74, 6) is -2.16. The molecule has 0 aliphatic rings. The number of aliphatic carboxylic acids is 1. The largest absolute Gasteiger partial charge is 0.478 e. The van der Waals surface area contributed by atoms with Crippen molar-refractivity contribution in [3.8, 4) is 5.75 Å². The summed E-state index contributed by atoms with van der Waals surface area (Å²) in [5.41, 5.74) is 0.392. The molecule has 108 valence electrons. The third-order valence-electron chi connectivity index (χ3n) is 2.40. The van der Waals surface area contributed by atoms with Gasteiger partial charge in [-0.05, 0) is 37.6 Å². The summed E-state index contributed by atoms with van der Waals surface area (Å²) in [7, 11) is 0. The summed E-state index contributed by atoms with van der Waals surface area (Å²) in [4.78, 5) is 21.8. The number of nitrogens with one attached hydrogen (secondary N) is 1. The highest BCUT2D eigenvalue weighted by molar-refractivity contribution is 5.85. The van der Waals surface area contributed by atoms with Crippen molar-refractivity contribution in [2.24, 2.45) is 0 Å². The highest BCUT2D eigenvalue weighted by atomic mass is 19.1. The Balaban J connectivity index is 2.78. The van der Waals surface area contributed by atoms with Gasteiger partial charge in [0.1, 0.15) is 0 Å². The van der Waals surface area contributed by atoms with Crippen LogP contribution >= 0.6 is 0 Å². The van der Waals surface area contributed by atoms with Crippen LogP contribution in [0.2, 0.25) is 0 Å². The average molecular weight is 281 g/mol. The van der Waals surface area contributed by atoms with E-state index in [0.29, 0.717) is 12.1 Å². The van der Waals surface area contributed by atoms with Gasteiger partial charge in [0.2, 0.25) is 0 Å². The molecule has 1 atom stereocenters. The Kier molecular flexibility index (Phi) is 5.71. The predicted molar refractivity (Wildman–Crippen MR) is 71.8 cm³/mol. The van der Waals surface area contributed by atoms with Gasteiger partial charge < -0.3 is 15.2 Å². The van der Waals surface area contributed by atoms with Crippen molar-refractivity contribution in [2.45, 2.75) is 20.0 Å². The van der Waals surface area contributed by atoms with E-state index >= 15 is 0 Å². The number of ether oxygens (including phenoxy) is 1. The average Bonchev–Trinajstić information content (AvgIpc) is 2.39. The van der Waals surface area contributed by atoms with Gasteiger partial charge >= 0.3 is 5.97 Å². The Morgan fingerprint density at radius 2 is 2.20 bits per heavy atom. The zero-order valence-electron chi connectivity index (χ0n) is 11.2. The maximum atomic E-state index is 13.7. The van der Waals surface area contributed by atoms with Gasteiger partial charge in [-0.25, -0.2) is 9.18 Å². The SMILES string of the molecule is CCNC(=O)C(C)Oc1ccc(/C=C/C(=O)O)cc1F. The minimum absolute atomic E-state index is 0.0590. The molecule has 1 aromatic rings. The van der Waals surface area contributed by atoms with E-state index in [0.717, 1.165) is 12.1 Å². The summed E-state index contributed by atoms with van der Waals surface area (Å²) in [6.07, 6.45) is 1.36. The van der Waals surface area contributed by atoms with Gasteiger partial charge in [-0.3, -0.25) is 4.79 Å². The molecule has 0 aliphatic carbocycles. The lowest BCUT2D eigenvalue weighted by atomic mass is 10.2.